The summed E-state index contributed by atoms with van der Waals surface area (Å²) < 4.78 is 103. The maximum absolute atomic E-state index is 14.3. The predicted molar refractivity (Wildman–Crippen MR) is 149 cm³/mol. The van der Waals surface area contributed by atoms with Gasteiger partial charge in [-0.25, -0.2) is 31.6 Å². The number of rotatable bonds is 7. The van der Waals surface area contributed by atoms with Crippen LogP contribution in [0.15, 0.2) is 58.0 Å². The van der Waals surface area contributed by atoms with E-state index < -0.39 is 56.8 Å². The molecule has 1 N–H and O–H groups in total. The number of ether oxygens (including phenoxy) is 2. The predicted octanol–water partition coefficient (Wildman–Crippen LogP) is 5.96. The van der Waals surface area contributed by atoms with Gasteiger partial charge in [-0.05, 0) is 58.4 Å². The van der Waals surface area contributed by atoms with Crippen molar-refractivity contribution in [3.63, 3.8) is 0 Å². The van der Waals surface area contributed by atoms with E-state index in [0.717, 1.165) is 12.1 Å². The molecule has 1 unspecified atom stereocenters. The fraction of sp³-hybridized carbons (Fsp3) is 0.286. The Kier molecular flexibility index (Phi) is 7.68. The molecule has 2 atom stereocenters. The molecule has 6 rings (SSSR count). The van der Waals surface area contributed by atoms with Gasteiger partial charge in [-0.1, -0.05) is 0 Å². The first kappa shape index (κ1) is 30.1. The SMILES string of the molecule is O=C(NCc1cc2nc(-c3ccc(OC(F)F)c(C4CC4(F)F)n3)ccc2cn1)c1cc(Br)c2c(c1)S(=O)(=O)[C@@H](F)CCO2. The van der Waals surface area contributed by atoms with Crippen LogP contribution < -0.4 is 14.8 Å². The number of nitrogens with one attached hydrogen (secondary N) is 1. The van der Waals surface area contributed by atoms with Crippen molar-refractivity contribution in [1.82, 2.24) is 20.3 Å². The number of amides is 1. The highest BCUT2D eigenvalue weighted by Gasteiger charge is 2.59. The van der Waals surface area contributed by atoms with E-state index >= 15 is 0 Å². The monoisotopic (exact) mass is 698 g/mol. The Morgan fingerprint density at radius 3 is 2.59 bits per heavy atom. The van der Waals surface area contributed by atoms with Crippen LogP contribution in [0.4, 0.5) is 22.0 Å². The first-order valence-electron chi connectivity index (χ1n) is 13.1. The molecule has 0 bridgehead atoms. The van der Waals surface area contributed by atoms with Gasteiger partial charge in [-0.3, -0.25) is 9.78 Å². The third kappa shape index (κ3) is 5.79. The second-order valence-corrected chi connectivity index (χ2v) is 13.0. The molecule has 230 valence electrons. The van der Waals surface area contributed by atoms with Gasteiger partial charge >= 0.3 is 6.61 Å². The van der Waals surface area contributed by atoms with Gasteiger partial charge in [0.1, 0.15) is 10.6 Å². The van der Waals surface area contributed by atoms with Gasteiger partial charge in [0.05, 0.1) is 51.8 Å². The summed E-state index contributed by atoms with van der Waals surface area (Å²) in [5, 5.41) is 3.24. The van der Waals surface area contributed by atoms with Crippen LogP contribution in [-0.2, 0) is 16.4 Å². The van der Waals surface area contributed by atoms with Crippen LogP contribution in [0.1, 0.15) is 40.5 Å². The average Bonchev–Trinajstić information content (AvgIpc) is 3.64. The number of nitrogens with zero attached hydrogens (tertiary/aromatic N) is 3. The molecule has 0 spiro atoms. The van der Waals surface area contributed by atoms with Crippen molar-refractivity contribution >= 4 is 42.6 Å². The van der Waals surface area contributed by atoms with Crippen molar-refractivity contribution in [3.8, 4) is 22.9 Å². The molecule has 4 aromatic rings. The van der Waals surface area contributed by atoms with Crippen molar-refractivity contribution in [2.45, 2.75) is 48.2 Å². The van der Waals surface area contributed by atoms with Crippen molar-refractivity contribution in [2.24, 2.45) is 0 Å². The van der Waals surface area contributed by atoms with Gasteiger partial charge in [-0.2, -0.15) is 8.78 Å². The summed E-state index contributed by atoms with van der Waals surface area (Å²) in [6.07, 6.45) is 0.624. The molecule has 0 radical (unpaired) electrons. The molecule has 44 heavy (non-hydrogen) atoms. The molecule has 2 aliphatic rings. The number of carbonyl (C=O) groups is 1. The zero-order chi connectivity index (χ0) is 31.4. The number of benzene rings is 1. The van der Waals surface area contributed by atoms with Crippen molar-refractivity contribution in [1.29, 1.82) is 0 Å². The lowest BCUT2D eigenvalue weighted by Gasteiger charge is -2.13. The van der Waals surface area contributed by atoms with Gasteiger partial charge < -0.3 is 14.8 Å². The maximum Gasteiger partial charge on any atom is 0.387 e. The lowest BCUT2D eigenvalue weighted by Crippen LogP contribution is -2.24. The van der Waals surface area contributed by atoms with Gasteiger partial charge in [0.15, 0.2) is 5.75 Å². The number of aromatic nitrogens is 3. The molecule has 1 aliphatic carbocycles. The van der Waals surface area contributed by atoms with E-state index in [1.54, 1.807) is 18.2 Å². The van der Waals surface area contributed by atoms with Crippen LogP contribution in [0.3, 0.4) is 0 Å². The minimum Gasteiger partial charge on any atom is -0.491 e. The largest absolute Gasteiger partial charge is 0.491 e. The number of hydrogen-bond acceptors (Lipinski definition) is 8. The molecule has 1 aromatic carbocycles. The van der Waals surface area contributed by atoms with Crippen LogP contribution in [0.5, 0.6) is 11.5 Å². The van der Waals surface area contributed by atoms with E-state index in [1.165, 1.54) is 18.3 Å². The number of sulfone groups is 1. The van der Waals surface area contributed by atoms with Crippen molar-refractivity contribution < 1.29 is 44.6 Å². The van der Waals surface area contributed by atoms with E-state index in [9.17, 15) is 35.2 Å². The lowest BCUT2D eigenvalue weighted by molar-refractivity contribution is -0.0510. The number of halogens is 6. The zero-order valence-electron chi connectivity index (χ0n) is 22.2. The van der Waals surface area contributed by atoms with Crippen molar-refractivity contribution in [3.05, 3.63) is 70.1 Å². The summed E-state index contributed by atoms with van der Waals surface area (Å²) >= 11 is 3.20. The molecular weight excluding hydrogens is 679 g/mol. The minimum atomic E-state index is -4.38. The fourth-order valence-electron chi connectivity index (χ4n) is 4.73. The van der Waals surface area contributed by atoms with Gasteiger partial charge in [0, 0.05) is 30.0 Å². The van der Waals surface area contributed by atoms with Crippen LogP contribution in [0.25, 0.3) is 22.3 Å². The molecule has 16 heteroatoms. The van der Waals surface area contributed by atoms with E-state index in [-0.39, 0.29) is 52.4 Å². The van der Waals surface area contributed by atoms with Crippen LogP contribution in [0, 0.1) is 0 Å². The lowest BCUT2D eigenvalue weighted by atomic mass is 10.1. The third-order valence-electron chi connectivity index (χ3n) is 7.09. The number of hydrogen-bond donors (Lipinski definition) is 1. The summed E-state index contributed by atoms with van der Waals surface area (Å²) in [4.78, 5) is 25.5. The summed E-state index contributed by atoms with van der Waals surface area (Å²) in [5.74, 6) is -5.57. The van der Waals surface area contributed by atoms with Crippen LogP contribution in [-0.4, -0.2) is 53.9 Å². The first-order valence-corrected chi connectivity index (χ1v) is 15.4. The molecule has 1 fully saturated rings. The molecule has 1 aliphatic heterocycles. The third-order valence-corrected chi connectivity index (χ3v) is 9.50. The summed E-state index contributed by atoms with van der Waals surface area (Å²) in [6.45, 7) is -3.45. The Labute approximate surface area is 254 Å². The Hall–Kier alpha value is -3.92. The fourth-order valence-corrected chi connectivity index (χ4v) is 6.83. The number of pyridine rings is 3. The Bertz CT molecular complexity index is 1910. The molecule has 0 saturated heterocycles. The molecular formula is C28H20BrF5N4O5S. The second kappa shape index (κ2) is 11.2. The molecule has 1 amide bonds. The van der Waals surface area contributed by atoms with Gasteiger partial charge in [0.2, 0.25) is 15.3 Å². The first-order chi connectivity index (χ1) is 20.8. The van der Waals surface area contributed by atoms with Crippen LogP contribution >= 0.6 is 15.9 Å². The Balaban J connectivity index is 1.24. The molecule has 3 aromatic heterocycles. The highest BCUT2D eigenvalue weighted by molar-refractivity contribution is 9.10. The van der Waals surface area contributed by atoms with E-state index in [0.29, 0.717) is 16.6 Å². The smallest absolute Gasteiger partial charge is 0.387 e. The molecule has 4 heterocycles. The number of alkyl halides is 5. The Morgan fingerprint density at radius 1 is 1.14 bits per heavy atom. The second-order valence-electron chi connectivity index (χ2n) is 10.1. The average molecular weight is 699 g/mol. The van der Waals surface area contributed by atoms with Crippen molar-refractivity contribution in [2.75, 3.05) is 6.61 Å². The number of carbonyl (C=O) groups excluding carboxylic acids is 1. The van der Waals surface area contributed by atoms with Gasteiger partial charge in [0.25, 0.3) is 11.8 Å². The minimum absolute atomic E-state index is 0.0551. The summed E-state index contributed by atoms with van der Waals surface area (Å²) in [6, 6.07) is 9.73. The van der Waals surface area contributed by atoms with E-state index in [4.69, 9.17) is 4.74 Å². The van der Waals surface area contributed by atoms with Gasteiger partial charge in [-0.15, -0.1) is 0 Å². The van der Waals surface area contributed by atoms with Crippen LogP contribution in [0.2, 0.25) is 0 Å². The highest BCUT2D eigenvalue weighted by Crippen LogP contribution is 2.57. The quantitative estimate of drug-likeness (QED) is 0.235. The topological polar surface area (TPSA) is 120 Å². The highest BCUT2D eigenvalue weighted by atomic mass is 79.9. The Morgan fingerprint density at radius 2 is 1.86 bits per heavy atom. The summed E-state index contributed by atoms with van der Waals surface area (Å²) in [7, 11) is -4.38. The number of fused-ring (bicyclic) bond motifs is 2. The standard InChI is InChI=1S/C28H20BrF5N4O5S/c29-17-7-14(8-22-25(17)42-6-5-23(30)44(22,40)41)26(39)36-12-15-9-20-13(11-35-15)1-2-18(37-20)19-3-4-21(43-27(31)32)24(38-19)16-10-28(16,33)34/h1-4,7-9,11,16,23,27H,5-6,10,12H2,(H,36,39)/t16?,23-/m1/s1. The maximum atomic E-state index is 14.3. The molecule has 1 saturated carbocycles. The zero-order valence-corrected chi connectivity index (χ0v) is 24.6. The normalized spacial score (nSPS) is 20.0. The van der Waals surface area contributed by atoms with E-state index in [2.05, 4.69) is 40.9 Å². The summed E-state index contributed by atoms with van der Waals surface area (Å²) in [5.41, 5.74) is -1.28. The molecule has 9 nitrogen and oxygen atoms in total. The van der Waals surface area contributed by atoms with E-state index in [1.807, 2.05) is 0 Å².